The zero-order valence-corrected chi connectivity index (χ0v) is 9.40. The van der Waals surface area contributed by atoms with Crippen molar-refractivity contribution in [2.24, 2.45) is 5.73 Å². The van der Waals surface area contributed by atoms with E-state index in [1.165, 1.54) is 0 Å². The number of hydrogen-bond acceptors (Lipinski definition) is 3. The summed E-state index contributed by atoms with van der Waals surface area (Å²) in [6, 6.07) is -0.670. The Labute approximate surface area is 104 Å². The van der Waals surface area contributed by atoms with Gasteiger partial charge in [-0.1, -0.05) is 0 Å². The molecule has 0 fully saturated rings. The molecule has 0 aliphatic rings. The van der Waals surface area contributed by atoms with E-state index in [1.807, 2.05) is 0 Å². The number of rotatable bonds is 2. The molecule has 1 aromatic carbocycles. The summed E-state index contributed by atoms with van der Waals surface area (Å²) in [5, 5.41) is 17.9. The zero-order valence-electron chi connectivity index (χ0n) is 8.58. The van der Waals surface area contributed by atoms with Gasteiger partial charge in [-0.3, -0.25) is 0 Å². The van der Waals surface area contributed by atoms with Crippen LogP contribution in [0.25, 0.3) is 0 Å². The van der Waals surface area contributed by atoms with E-state index in [0.29, 0.717) is 12.1 Å². The molecular weight excluding hydrogens is 285 g/mol. The molecule has 3 nitrogen and oxygen atoms in total. The Morgan fingerprint density at radius 2 is 1.33 bits per heavy atom. The van der Waals surface area contributed by atoms with Crippen LogP contribution in [0.1, 0.15) is 11.6 Å². The van der Waals surface area contributed by atoms with Gasteiger partial charge in [-0.2, -0.15) is 22.0 Å². The lowest BCUT2D eigenvalue weighted by Gasteiger charge is -2.26. The van der Waals surface area contributed by atoms with Crippen molar-refractivity contribution < 1.29 is 32.2 Å². The molecule has 0 unspecified atom stereocenters. The number of phenolic OH excluding ortho intramolecular Hbond substituents is 2. The van der Waals surface area contributed by atoms with Crippen LogP contribution < -0.4 is 5.73 Å². The molecule has 0 aromatic heterocycles. The van der Waals surface area contributed by atoms with E-state index in [4.69, 9.17) is 15.9 Å². The predicted octanol–water partition coefficient (Wildman–Crippen LogP) is 2.72. The van der Waals surface area contributed by atoms with Crippen LogP contribution in [0.4, 0.5) is 22.0 Å². The second-order valence-corrected chi connectivity index (χ2v) is 3.38. The van der Waals surface area contributed by atoms with Gasteiger partial charge in [0, 0.05) is 6.07 Å². The molecule has 18 heavy (non-hydrogen) atoms. The molecule has 9 heteroatoms. The van der Waals surface area contributed by atoms with E-state index < -0.39 is 35.2 Å². The minimum Gasteiger partial charge on any atom is -0.508 e. The van der Waals surface area contributed by atoms with Gasteiger partial charge in [-0.15, -0.1) is 12.4 Å². The Morgan fingerprint density at radius 3 is 1.67 bits per heavy atom. The minimum absolute atomic E-state index is 0. The van der Waals surface area contributed by atoms with E-state index in [2.05, 4.69) is 0 Å². The quantitative estimate of drug-likeness (QED) is 0.735. The fourth-order valence-electron chi connectivity index (χ4n) is 1.18. The van der Waals surface area contributed by atoms with Gasteiger partial charge < -0.3 is 15.9 Å². The van der Waals surface area contributed by atoms with Crippen molar-refractivity contribution in [1.82, 2.24) is 0 Å². The molecule has 0 saturated heterocycles. The van der Waals surface area contributed by atoms with Crippen molar-refractivity contribution in [3.05, 3.63) is 23.8 Å². The molecule has 0 bridgehead atoms. The largest absolute Gasteiger partial charge is 0.508 e. The Bertz CT molecular complexity index is 404. The highest BCUT2D eigenvalue weighted by atomic mass is 35.5. The van der Waals surface area contributed by atoms with Crippen molar-refractivity contribution in [1.29, 1.82) is 0 Å². The molecule has 4 N–H and O–H groups in total. The monoisotopic (exact) mass is 293 g/mol. The number of alkyl halides is 5. The van der Waals surface area contributed by atoms with E-state index in [0.717, 1.165) is 6.07 Å². The Morgan fingerprint density at radius 1 is 0.944 bits per heavy atom. The van der Waals surface area contributed by atoms with Crippen molar-refractivity contribution in [3.8, 4) is 11.5 Å². The van der Waals surface area contributed by atoms with Gasteiger partial charge in [0.15, 0.2) is 0 Å². The maximum absolute atomic E-state index is 12.9. The number of benzene rings is 1. The minimum atomic E-state index is -5.81. The highest BCUT2D eigenvalue weighted by molar-refractivity contribution is 5.85. The van der Waals surface area contributed by atoms with Crippen molar-refractivity contribution in [2.45, 2.75) is 18.1 Å². The summed E-state index contributed by atoms with van der Waals surface area (Å²) in [5.41, 5.74) is 4.09. The van der Waals surface area contributed by atoms with Crippen LogP contribution in [0.3, 0.4) is 0 Å². The molecule has 0 radical (unpaired) electrons. The first-order valence-electron chi connectivity index (χ1n) is 4.28. The topological polar surface area (TPSA) is 66.5 Å². The summed E-state index contributed by atoms with van der Waals surface area (Å²) in [5.74, 6) is -6.48. The normalized spacial score (nSPS) is 13.9. The van der Waals surface area contributed by atoms with Gasteiger partial charge in [-0.25, -0.2) is 0 Å². The third-order valence-electron chi connectivity index (χ3n) is 2.05. The molecule has 1 atom stereocenters. The smallest absolute Gasteiger partial charge is 0.455 e. The maximum Gasteiger partial charge on any atom is 0.455 e. The van der Waals surface area contributed by atoms with Crippen molar-refractivity contribution >= 4 is 12.4 Å². The number of phenols is 2. The lowest BCUT2D eigenvalue weighted by Crippen LogP contribution is -2.45. The molecule has 104 valence electrons. The molecular formula is C9H9ClF5NO2. The van der Waals surface area contributed by atoms with E-state index in [1.54, 1.807) is 0 Å². The Balaban J connectivity index is 0.00000289. The van der Waals surface area contributed by atoms with E-state index in [-0.39, 0.29) is 12.4 Å². The Kier molecular flexibility index (Phi) is 4.78. The standard InChI is InChI=1S/C9H8F5NO2.ClH/c10-8(11,9(12,13)14)7(15)4-1-5(16)3-6(17)2-4;/h1-3,7,16-17H,15H2;1H/t7-;/m0./s1. The summed E-state index contributed by atoms with van der Waals surface area (Å²) >= 11 is 0. The second-order valence-electron chi connectivity index (χ2n) is 3.38. The number of nitrogens with two attached hydrogens (primary N) is 1. The maximum atomic E-state index is 12.9. The van der Waals surface area contributed by atoms with Crippen LogP contribution in [0, 0.1) is 0 Å². The first kappa shape index (κ1) is 16.7. The highest BCUT2D eigenvalue weighted by Gasteiger charge is 2.61. The van der Waals surface area contributed by atoms with Crippen LogP contribution in [-0.4, -0.2) is 22.3 Å². The van der Waals surface area contributed by atoms with Gasteiger partial charge in [0.25, 0.3) is 0 Å². The molecule has 0 heterocycles. The summed E-state index contributed by atoms with van der Waals surface area (Å²) in [6.07, 6.45) is -5.81. The lowest BCUT2D eigenvalue weighted by atomic mass is 10.0. The number of hydrogen-bond donors (Lipinski definition) is 3. The fraction of sp³-hybridized carbons (Fsp3) is 0.333. The molecule has 0 aliphatic heterocycles. The zero-order chi connectivity index (χ0) is 13.4. The third-order valence-corrected chi connectivity index (χ3v) is 2.05. The van der Waals surface area contributed by atoms with Crippen LogP contribution >= 0.6 is 12.4 Å². The van der Waals surface area contributed by atoms with Crippen LogP contribution in [-0.2, 0) is 0 Å². The molecule has 0 spiro atoms. The van der Waals surface area contributed by atoms with Gasteiger partial charge in [-0.05, 0) is 17.7 Å². The van der Waals surface area contributed by atoms with Crippen molar-refractivity contribution in [2.75, 3.05) is 0 Å². The number of aromatic hydroxyl groups is 2. The summed E-state index contributed by atoms with van der Waals surface area (Å²) in [6.45, 7) is 0. The predicted molar refractivity (Wildman–Crippen MR) is 55.0 cm³/mol. The van der Waals surface area contributed by atoms with Gasteiger partial charge >= 0.3 is 12.1 Å². The van der Waals surface area contributed by atoms with Crippen LogP contribution in [0.15, 0.2) is 18.2 Å². The molecule has 1 aromatic rings. The SMILES string of the molecule is Cl.N[C@@H](c1cc(O)cc(O)c1)C(F)(F)C(F)(F)F. The van der Waals surface area contributed by atoms with Crippen molar-refractivity contribution in [3.63, 3.8) is 0 Å². The lowest BCUT2D eigenvalue weighted by molar-refractivity contribution is -0.291. The van der Waals surface area contributed by atoms with E-state index in [9.17, 15) is 22.0 Å². The molecule has 0 saturated carbocycles. The number of halogens is 6. The van der Waals surface area contributed by atoms with E-state index >= 15 is 0 Å². The van der Waals surface area contributed by atoms with Crippen LogP contribution in [0.5, 0.6) is 11.5 Å². The van der Waals surface area contributed by atoms with Gasteiger partial charge in [0.1, 0.15) is 17.5 Å². The molecule has 0 amide bonds. The average molecular weight is 294 g/mol. The Hall–Kier alpha value is -1.28. The van der Waals surface area contributed by atoms with Gasteiger partial charge in [0.05, 0.1) is 0 Å². The van der Waals surface area contributed by atoms with Gasteiger partial charge in [0.2, 0.25) is 0 Å². The third kappa shape index (κ3) is 3.14. The summed E-state index contributed by atoms with van der Waals surface area (Å²) < 4.78 is 61.8. The first-order valence-corrected chi connectivity index (χ1v) is 4.28. The fourth-order valence-corrected chi connectivity index (χ4v) is 1.18. The average Bonchev–Trinajstić information content (AvgIpc) is 2.13. The second kappa shape index (κ2) is 5.15. The highest BCUT2D eigenvalue weighted by Crippen LogP contribution is 2.44. The summed E-state index contributed by atoms with van der Waals surface area (Å²) in [7, 11) is 0. The molecule has 1 rings (SSSR count). The first-order chi connectivity index (χ1) is 7.55. The molecule has 0 aliphatic carbocycles. The van der Waals surface area contributed by atoms with Crippen LogP contribution in [0.2, 0.25) is 0 Å². The summed E-state index contributed by atoms with van der Waals surface area (Å²) in [4.78, 5) is 0.